The molecule has 0 radical (unpaired) electrons. The lowest BCUT2D eigenvalue weighted by Gasteiger charge is -2.27. The topological polar surface area (TPSA) is 73.8 Å². The Bertz CT molecular complexity index is 990. The fraction of sp³-hybridized carbons (Fsp3) is 0.346. The SMILES string of the molecule is C=CC(=O)NCc1cc(-c2ccc(OC(F)(F)F)cc2)c(C)c(N(C)C=C)c1NCCO.CCC. The van der Waals surface area contributed by atoms with Crippen molar-refractivity contribution in [2.24, 2.45) is 0 Å². The number of anilines is 2. The van der Waals surface area contributed by atoms with Crippen LogP contribution in [0.4, 0.5) is 24.5 Å². The molecule has 0 fully saturated rings. The van der Waals surface area contributed by atoms with E-state index in [1.165, 1.54) is 30.7 Å². The highest BCUT2D eigenvalue weighted by Gasteiger charge is 2.31. The number of aliphatic hydroxyl groups excluding tert-OH is 1. The summed E-state index contributed by atoms with van der Waals surface area (Å²) in [5.41, 5.74) is 4.42. The van der Waals surface area contributed by atoms with Gasteiger partial charge in [0.25, 0.3) is 0 Å². The van der Waals surface area contributed by atoms with Crippen LogP contribution in [0.1, 0.15) is 31.4 Å². The summed E-state index contributed by atoms with van der Waals surface area (Å²) < 4.78 is 41.4. The molecule has 6 nitrogen and oxygen atoms in total. The molecule has 2 aromatic rings. The molecule has 0 bridgehead atoms. The number of rotatable bonds is 10. The number of alkyl halides is 3. The van der Waals surface area contributed by atoms with Gasteiger partial charge in [-0.2, -0.15) is 0 Å². The molecule has 0 spiro atoms. The summed E-state index contributed by atoms with van der Waals surface area (Å²) in [7, 11) is 1.80. The van der Waals surface area contributed by atoms with E-state index in [0.717, 1.165) is 22.9 Å². The average molecular weight is 494 g/mol. The van der Waals surface area contributed by atoms with Crippen LogP contribution in [0.25, 0.3) is 11.1 Å². The number of halogens is 3. The molecule has 0 aliphatic heterocycles. The number of carbonyl (C=O) groups is 1. The standard InChI is InChI=1S/C23H26F3N3O3.C3H8/c1-5-20(31)28-14-17-13-19(16-7-9-18(10-8-16)32-23(24,25)26)15(3)22(29(4)6-2)21(17)27-11-12-30;1-3-2/h5-10,13,27,30H,1-2,11-12,14H2,3-4H3,(H,28,31);3H2,1-2H3. The molecule has 0 unspecified atom stereocenters. The number of aliphatic hydroxyl groups is 1. The van der Waals surface area contributed by atoms with Gasteiger partial charge in [0.15, 0.2) is 0 Å². The normalized spacial score (nSPS) is 10.5. The first-order valence-electron chi connectivity index (χ1n) is 11.2. The molecule has 0 aliphatic carbocycles. The number of nitrogens with one attached hydrogen (secondary N) is 2. The number of hydrogen-bond acceptors (Lipinski definition) is 5. The third-order valence-corrected chi connectivity index (χ3v) is 4.71. The van der Waals surface area contributed by atoms with Gasteiger partial charge in [0, 0.05) is 20.1 Å². The van der Waals surface area contributed by atoms with Crippen LogP contribution < -0.4 is 20.3 Å². The van der Waals surface area contributed by atoms with Crippen molar-refractivity contribution in [3.05, 3.63) is 66.9 Å². The summed E-state index contributed by atoms with van der Waals surface area (Å²) in [6, 6.07) is 7.41. The van der Waals surface area contributed by atoms with E-state index >= 15 is 0 Å². The first-order valence-corrected chi connectivity index (χ1v) is 11.2. The van der Waals surface area contributed by atoms with E-state index in [0.29, 0.717) is 16.8 Å². The van der Waals surface area contributed by atoms with Crippen LogP contribution >= 0.6 is 0 Å². The zero-order valence-corrected chi connectivity index (χ0v) is 20.6. The Morgan fingerprint density at radius 3 is 2.29 bits per heavy atom. The van der Waals surface area contributed by atoms with Gasteiger partial charge in [0.2, 0.25) is 5.91 Å². The van der Waals surface area contributed by atoms with E-state index in [9.17, 15) is 23.1 Å². The maximum absolute atomic E-state index is 12.5. The molecule has 2 rings (SSSR count). The predicted octanol–water partition coefficient (Wildman–Crippen LogP) is 5.76. The molecule has 0 atom stereocenters. The predicted molar refractivity (Wildman–Crippen MR) is 135 cm³/mol. The van der Waals surface area contributed by atoms with Crippen molar-refractivity contribution >= 4 is 17.3 Å². The summed E-state index contributed by atoms with van der Waals surface area (Å²) in [4.78, 5) is 13.5. The van der Waals surface area contributed by atoms with Gasteiger partial charge in [0.1, 0.15) is 5.75 Å². The summed E-state index contributed by atoms with van der Waals surface area (Å²) >= 11 is 0. The van der Waals surface area contributed by atoms with Gasteiger partial charge in [-0.05, 0) is 59.7 Å². The van der Waals surface area contributed by atoms with E-state index in [1.807, 2.05) is 13.0 Å². The third-order valence-electron chi connectivity index (χ3n) is 4.71. The lowest BCUT2D eigenvalue weighted by molar-refractivity contribution is -0.274. The lowest BCUT2D eigenvalue weighted by Crippen LogP contribution is -2.23. The Morgan fingerprint density at radius 2 is 1.80 bits per heavy atom. The molecule has 0 saturated carbocycles. The minimum absolute atomic E-state index is 0.100. The van der Waals surface area contributed by atoms with Crippen LogP contribution in [0.5, 0.6) is 5.75 Å². The molecule has 3 N–H and O–H groups in total. The second-order valence-electron chi connectivity index (χ2n) is 7.58. The maximum Gasteiger partial charge on any atom is 0.573 e. The number of benzene rings is 2. The van der Waals surface area contributed by atoms with Crippen LogP contribution in [0.15, 0.2) is 55.8 Å². The van der Waals surface area contributed by atoms with E-state index in [2.05, 4.69) is 42.4 Å². The highest BCUT2D eigenvalue weighted by atomic mass is 19.4. The fourth-order valence-corrected chi connectivity index (χ4v) is 3.26. The Labute approximate surface area is 205 Å². The van der Waals surface area contributed by atoms with Gasteiger partial charge in [-0.25, -0.2) is 0 Å². The Balaban J connectivity index is 0.00000194. The lowest BCUT2D eigenvalue weighted by atomic mass is 9.94. The van der Waals surface area contributed by atoms with E-state index in [-0.39, 0.29) is 31.4 Å². The number of nitrogens with zero attached hydrogens (tertiary/aromatic N) is 1. The van der Waals surface area contributed by atoms with E-state index in [1.54, 1.807) is 18.1 Å². The van der Waals surface area contributed by atoms with Crippen LogP contribution in [0, 0.1) is 6.92 Å². The van der Waals surface area contributed by atoms with E-state index < -0.39 is 6.36 Å². The highest BCUT2D eigenvalue weighted by molar-refractivity contribution is 5.89. The minimum atomic E-state index is -4.77. The molecule has 0 heterocycles. The van der Waals surface area contributed by atoms with Crippen molar-refractivity contribution in [3.63, 3.8) is 0 Å². The average Bonchev–Trinajstić information content (AvgIpc) is 2.81. The molecule has 1 amide bonds. The van der Waals surface area contributed by atoms with Crippen LogP contribution in [0.2, 0.25) is 0 Å². The second kappa shape index (κ2) is 14.1. The zero-order valence-electron chi connectivity index (χ0n) is 20.6. The van der Waals surface area contributed by atoms with Gasteiger partial charge >= 0.3 is 6.36 Å². The van der Waals surface area contributed by atoms with Crippen LogP contribution in [-0.2, 0) is 11.3 Å². The molecule has 192 valence electrons. The summed E-state index contributed by atoms with van der Waals surface area (Å²) in [5.74, 6) is -0.672. The van der Waals surface area contributed by atoms with Gasteiger partial charge in [-0.1, -0.05) is 45.6 Å². The fourth-order valence-electron chi connectivity index (χ4n) is 3.26. The van der Waals surface area contributed by atoms with Crippen LogP contribution in [-0.4, -0.2) is 37.6 Å². The Morgan fingerprint density at radius 1 is 1.20 bits per heavy atom. The largest absolute Gasteiger partial charge is 0.573 e. The molecule has 0 saturated heterocycles. The van der Waals surface area contributed by atoms with Crippen molar-refractivity contribution < 1.29 is 27.8 Å². The molecule has 2 aromatic carbocycles. The van der Waals surface area contributed by atoms with Gasteiger partial charge in [-0.3, -0.25) is 4.79 Å². The molecular weight excluding hydrogens is 459 g/mol. The Kier molecular flexibility index (Phi) is 11.9. The van der Waals surface area contributed by atoms with E-state index in [4.69, 9.17) is 0 Å². The number of ether oxygens (including phenoxy) is 1. The first-order chi connectivity index (χ1) is 16.5. The maximum atomic E-state index is 12.5. The zero-order chi connectivity index (χ0) is 26.6. The van der Waals surface area contributed by atoms with Crippen molar-refractivity contribution in [2.75, 3.05) is 30.4 Å². The molecular formula is C26H34F3N3O3. The third kappa shape index (κ3) is 9.01. The Hall–Kier alpha value is -3.46. The molecule has 0 aromatic heterocycles. The van der Waals surface area contributed by atoms with Gasteiger partial charge in [0.05, 0.1) is 18.0 Å². The van der Waals surface area contributed by atoms with Crippen LogP contribution in [0.3, 0.4) is 0 Å². The van der Waals surface area contributed by atoms with Crippen molar-refractivity contribution in [1.29, 1.82) is 0 Å². The quantitative estimate of drug-likeness (QED) is 0.367. The minimum Gasteiger partial charge on any atom is -0.406 e. The number of carbonyl (C=O) groups excluding carboxylic acids is 1. The first kappa shape index (κ1) is 29.6. The molecule has 35 heavy (non-hydrogen) atoms. The monoisotopic (exact) mass is 493 g/mol. The van der Waals surface area contributed by atoms with Gasteiger partial charge in [-0.15, -0.1) is 13.2 Å². The van der Waals surface area contributed by atoms with Crippen molar-refractivity contribution in [2.45, 2.75) is 40.1 Å². The second-order valence-corrected chi connectivity index (χ2v) is 7.58. The number of hydrogen-bond donors (Lipinski definition) is 3. The summed E-state index contributed by atoms with van der Waals surface area (Å²) in [6.45, 7) is 13.7. The molecule has 9 heteroatoms. The van der Waals surface area contributed by atoms with Gasteiger partial charge < -0.3 is 25.4 Å². The highest BCUT2D eigenvalue weighted by Crippen LogP contribution is 2.40. The van der Waals surface area contributed by atoms with Crippen molar-refractivity contribution in [3.8, 4) is 16.9 Å². The molecule has 0 aliphatic rings. The summed E-state index contributed by atoms with van der Waals surface area (Å²) in [5, 5.41) is 15.2. The summed E-state index contributed by atoms with van der Waals surface area (Å²) in [6.07, 6.45) is -0.748. The smallest absolute Gasteiger partial charge is 0.406 e. The van der Waals surface area contributed by atoms with Crippen molar-refractivity contribution in [1.82, 2.24) is 5.32 Å². The number of amides is 1.